The Labute approximate surface area is 116 Å². The lowest BCUT2D eigenvalue weighted by Crippen LogP contribution is -1.97. The number of hydrogen-bond donors (Lipinski definition) is 0. The minimum absolute atomic E-state index is 0.634. The SMILES string of the molecule is Cc1cc(C#N)cc(-n2ccc(-c3ccccn3)n2)c1. The molecule has 0 amide bonds. The van der Waals surface area contributed by atoms with E-state index in [0.29, 0.717) is 5.56 Å². The quantitative estimate of drug-likeness (QED) is 0.711. The molecular formula is C16H12N4. The van der Waals surface area contributed by atoms with Gasteiger partial charge < -0.3 is 0 Å². The largest absolute Gasteiger partial charge is 0.255 e. The van der Waals surface area contributed by atoms with E-state index in [1.54, 1.807) is 10.9 Å². The molecule has 3 rings (SSSR count). The van der Waals surface area contributed by atoms with Gasteiger partial charge in [-0.1, -0.05) is 6.07 Å². The molecule has 0 bridgehead atoms. The van der Waals surface area contributed by atoms with E-state index in [1.807, 2.05) is 55.6 Å². The monoisotopic (exact) mass is 260 g/mol. The Bertz CT molecular complexity index is 782. The number of aryl methyl sites for hydroxylation is 1. The van der Waals surface area contributed by atoms with Crippen molar-refractivity contribution in [1.29, 1.82) is 5.26 Å². The molecule has 0 aliphatic carbocycles. The van der Waals surface area contributed by atoms with Crippen molar-refractivity contribution in [3.8, 4) is 23.1 Å². The Morgan fingerprint density at radius 3 is 2.75 bits per heavy atom. The van der Waals surface area contributed by atoms with Crippen LogP contribution in [0, 0.1) is 18.3 Å². The van der Waals surface area contributed by atoms with Crippen molar-refractivity contribution in [1.82, 2.24) is 14.8 Å². The van der Waals surface area contributed by atoms with E-state index in [-0.39, 0.29) is 0 Å². The summed E-state index contributed by atoms with van der Waals surface area (Å²) in [6, 6.07) is 15.5. The summed E-state index contributed by atoms with van der Waals surface area (Å²) in [5.41, 5.74) is 4.19. The van der Waals surface area contributed by atoms with Gasteiger partial charge in [-0.05, 0) is 48.9 Å². The average Bonchev–Trinajstić information content (AvgIpc) is 2.97. The first-order valence-electron chi connectivity index (χ1n) is 6.25. The Morgan fingerprint density at radius 1 is 1.10 bits per heavy atom. The van der Waals surface area contributed by atoms with Gasteiger partial charge in [0.25, 0.3) is 0 Å². The van der Waals surface area contributed by atoms with E-state index >= 15 is 0 Å². The zero-order valence-corrected chi connectivity index (χ0v) is 11.0. The van der Waals surface area contributed by atoms with Crippen LogP contribution >= 0.6 is 0 Å². The van der Waals surface area contributed by atoms with Crippen LogP contribution in [0.5, 0.6) is 0 Å². The molecule has 20 heavy (non-hydrogen) atoms. The molecule has 0 saturated carbocycles. The summed E-state index contributed by atoms with van der Waals surface area (Å²) in [6.45, 7) is 1.97. The maximum atomic E-state index is 9.03. The second kappa shape index (κ2) is 4.98. The first kappa shape index (κ1) is 12.1. The van der Waals surface area contributed by atoms with Gasteiger partial charge >= 0.3 is 0 Å². The summed E-state index contributed by atoms with van der Waals surface area (Å²) in [5, 5.41) is 13.5. The van der Waals surface area contributed by atoms with Gasteiger partial charge in [0.2, 0.25) is 0 Å². The first-order valence-corrected chi connectivity index (χ1v) is 6.25. The molecule has 3 aromatic rings. The Balaban J connectivity index is 2.03. The molecule has 0 saturated heterocycles. The highest BCUT2D eigenvalue weighted by Gasteiger charge is 2.06. The van der Waals surface area contributed by atoms with Gasteiger partial charge in [-0.25, -0.2) is 4.68 Å². The molecule has 96 valence electrons. The summed E-state index contributed by atoms with van der Waals surface area (Å²) in [4.78, 5) is 4.28. The predicted octanol–water partition coefficient (Wildman–Crippen LogP) is 3.11. The number of pyridine rings is 1. The molecule has 0 aliphatic rings. The Kier molecular flexibility index (Phi) is 3.02. The van der Waals surface area contributed by atoms with Crippen LogP contribution in [0.15, 0.2) is 54.9 Å². The zero-order valence-electron chi connectivity index (χ0n) is 11.0. The van der Waals surface area contributed by atoms with Gasteiger partial charge in [-0.3, -0.25) is 4.98 Å². The molecule has 0 N–H and O–H groups in total. The van der Waals surface area contributed by atoms with Gasteiger partial charge in [-0.2, -0.15) is 10.4 Å². The molecule has 0 atom stereocenters. The van der Waals surface area contributed by atoms with E-state index in [9.17, 15) is 0 Å². The van der Waals surface area contributed by atoms with Crippen LogP contribution in [0.25, 0.3) is 17.1 Å². The summed E-state index contributed by atoms with van der Waals surface area (Å²) < 4.78 is 1.76. The third-order valence-corrected chi connectivity index (χ3v) is 2.97. The molecule has 0 fully saturated rings. The minimum Gasteiger partial charge on any atom is -0.255 e. The molecule has 1 aromatic carbocycles. The summed E-state index contributed by atoms with van der Waals surface area (Å²) in [6.07, 6.45) is 3.62. The van der Waals surface area contributed by atoms with Crippen molar-refractivity contribution in [3.63, 3.8) is 0 Å². The van der Waals surface area contributed by atoms with Crippen LogP contribution in [0.4, 0.5) is 0 Å². The van der Waals surface area contributed by atoms with Crippen molar-refractivity contribution in [2.45, 2.75) is 6.92 Å². The average molecular weight is 260 g/mol. The van der Waals surface area contributed by atoms with Gasteiger partial charge in [0.15, 0.2) is 0 Å². The maximum Gasteiger partial charge on any atom is 0.111 e. The number of aromatic nitrogens is 3. The predicted molar refractivity (Wildman–Crippen MR) is 76.2 cm³/mol. The second-order valence-corrected chi connectivity index (χ2v) is 4.53. The normalized spacial score (nSPS) is 10.2. The maximum absolute atomic E-state index is 9.03. The third-order valence-electron chi connectivity index (χ3n) is 2.97. The smallest absolute Gasteiger partial charge is 0.111 e. The molecule has 0 unspecified atom stereocenters. The van der Waals surface area contributed by atoms with E-state index in [4.69, 9.17) is 5.26 Å². The highest BCUT2D eigenvalue weighted by Crippen LogP contribution is 2.17. The molecule has 0 spiro atoms. The van der Waals surface area contributed by atoms with Crippen molar-refractivity contribution < 1.29 is 0 Å². The van der Waals surface area contributed by atoms with Crippen LogP contribution in [0.2, 0.25) is 0 Å². The van der Waals surface area contributed by atoms with E-state index in [1.165, 1.54) is 0 Å². The molecule has 4 nitrogen and oxygen atoms in total. The number of benzene rings is 1. The lowest BCUT2D eigenvalue weighted by Gasteiger charge is -2.03. The summed E-state index contributed by atoms with van der Waals surface area (Å²) in [5.74, 6) is 0. The molecule has 0 radical (unpaired) electrons. The van der Waals surface area contributed by atoms with E-state index in [2.05, 4.69) is 16.2 Å². The second-order valence-electron chi connectivity index (χ2n) is 4.53. The molecule has 0 aliphatic heterocycles. The highest BCUT2D eigenvalue weighted by molar-refractivity contribution is 5.54. The minimum atomic E-state index is 0.634. The molecule has 4 heteroatoms. The van der Waals surface area contributed by atoms with Crippen molar-refractivity contribution in [2.24, 2.45) is 0 Å². The van der Waals surface area contributed by atoms with Gasteiger partial charge in [0.1, 0.15) is 5.69 Å². The molecule has 2 aromatic heterocycles. The Morgan fingerprint density at radius 2 is 2.00 bits per heavy atom. The number of hydrogen-bond acceptors (Lipinski definition) is 3. The summed E-state index contributed by atoms with van der Waals surface area (Å²) in [7, 11) is 0. The van der Waals surface area contributed by atoms with Crippen LogP contribution in [0.1, 0.15) is 11.1 Å². The fraction of sp³-hybridized carbons (Fsp3) is 0.0625. The lowest BCUT2D eigenvalue weighted by atomic mass is 10.1. The number of nitriles is 1. The fourth-order valence-electron chi connectivity index (χ4n) is 2.08. The Hall–Kier alpha value is -2.93. The van der Waals surface area contributed by atoms with Crippen LogP contribution in [-0.4, -0.2) is 14.8 Å². The topological polar surface area (TPSA) is 54.5 Å². The fourth-order valence-corrected chi connectivity index (χ4v) is 2.08. The zero-order chi connectivity index (χ0) is 13.9. The standard InChI is InChI=1S/C16H12N4/c1-12-8-13(11-17)10-14(9-12)20-7-5-16(19-20)15-4-2-3-6-18-15/h2-10H,1H3. The van der Waals surface area contributed by atoms with Gasteiger partial charge in [0.05, 0.1) is 23.0 Å². The third kappa shape index (κ3) is 2.29. The summed E-state index contributed by atoms with van der Waals surface area (Å²) >= 11 is 0. The van der Waals surface area contributed by atoms with Gasteiger partial charge in [0, 0.05) is 12.4 Å². The highest BCUT2D eigenvalue weighted by atomic mass is 15.3. The van der Waals surface area contributed by atoms with Crippen LogP contribution in [-0.2, 0) is 0 Å². The number of rotatable bonds is 2. The van der Waals surface area contributed by atoms with Crippen molar-refractivity contribution in [2.75, 3.05) is 0 Å². The van der Waals surface area contributed by atoms with Crippen molar-refractivity contribution >= 4 is 0 Å². The molecule has 2 heterocycles. The van der Waals surface area contributed by atoms with E-state index in [0.717, 1.165) is 22.6 Å². The first-order chi connectivity index (χ1) is 9.76. The lowest BCUT2D eigenvalue weighted by molar-refractivity contribution is 0.880. The van der Waals surface area contributed by atoms with Gasteiger partial charge in [-0.15, -0.1) is 0 Å². The van der Waals surface area contributed by atoms with E-state index < -0.39 is 0 Å². The van der Waals surface area contributed by atoms with Crippen molar-refractivity contribution in [3.05, 3.63) is 66.0 Å². The van der Waals surface area contributed by atoms with Crippen LogP contribution in [0.3, 0.4) is 0 Å². The van der Waals surface area contributed by atoms with Crippen LogP contribution < -0.4 is 0 Å². The molecular weight excluding hydrogens is 248 g/mol. The number of nitrogens with zero attached hydrogens (tertiary/aromatic N) is 4.